The van der Waals surface area contributed by atoms with E-state index < -0.39 is 44.1 Å². The van der Waals surface area contributed by atoms with Crippen molar-refractivity contribution < 1.29 is 24.5 Å². The van der Waals surface area contributed by atoms with Crippen LogP contribution in [0.25, 0.3) is 5.76 Å². The number of ether oxygens (including phenoxy) is 1. The quantitative estimate of drug-likeness (QED) is 0.199. The topological polar surface area (TPSA) is 145 Å². The third-order valence-electron chi connectivity index (χ3n) is 3.36. The molecule has 10 nitrogen and oxygen atoms in total. The van der Waals surface area contributed by atoms with E-state index in [1.165, 1.54) is 6.92 Å². The normalized spacial score (nSPS) is 14.9. The first-order valence-corrected chi connectivity index (χ1v) is 7.42. The highest BCUT2D eigenvalue weighted by atomic mass is 16.6. The van der Waals surface area contributed by atoms with E-state index in [4.69, 9.17) is 4.74 Å². The second-order valence-corrected chi connectivity index (χ2v) is 5.18. The Labute approximate surface area is 141 Å². The molecule has 0 atom stereocenters. The summed E-state index contributed by atoms with van der Waals surface area (Å²) in [6.45, 7) is 1.53. The minimum absolute atomic E-state index is 0.00188. The fourth-order valence-corrected chi connectivity index (χ4v) is 2.03. The number of carbonyl (C=O) groups excluding carboxylic acids is 1. The molecule has 1 saturated carbocycles. The van der Waals surface area contributed by atoms with Gasteiger partial charge in [0, 0.05) is 18.3 Å². The molecule has 0 radical (unpaired) electrons. The molecular formula is C15H15N3O7. The molecule has 2 rings (SSSR count). The van der Waals surface area contributed by atoms with Crippen LogP contribution in [0.3, 0.4) is 0 Å². The molecule has 132 valence electrons. The van der Waals surface area contributed by atoms with Crippen LogP contribution in [0, 0.1) is 20.2 Å². The fourth-order valence-electron chi connectivity index (χ4n) is 2.03. The molecule has 0 saturated heterocycles. The van der Waals surface area contributed by atoms with Gasteiger partial charge in [-0.05, 0) is 25.8 Å². The van der Waals surface area contributed by atoms with E-state index in [1.54, 1.807) is 0 Å². The lowest BCUT2D eigenvalue weighted by Gasteiger charge is -2.08. The summed E-state index contributed by atoms with van der Waals surface area (Å²) in [4.78, 5) is 36.8. The molecule has 1 aromatic rings. The maximum absolute atomic E-state index is 12.1. The molecule has 0 aromatic heterocycles. The molecule has 0 spiro atoms. The first kappa shape index (κ1) is 18.0. The summed E-state index contributed by atoms with van der Waals surface area (Å²) in [6.07, 6.45) is 2.68. The summed E-state index contributed by atoms with van der Waals surface area (Å²) in [5.74, 6) is -1.89. The molecule has 1 fully saturated rings. The van der Waals surface area contributed by atoms with Gasteiger partial charge in [0.1, 0.15) is 5.57 Å². The number of nitro benzene ring substituents is 2. The highest BCUT2D eigenvalue weighted by Crippen LogP contribution is 2.35. The lowest BCUT2D eigenvalue weighted by atomic mass is 10.0. The van der Waals surface area contributed by atoms with Crippen LogP contribution >= 0.6 is 0 Å². The van der Waals surface area contributed by atoms with Crippen molar-refractivity contribution in [2.45, 2.75) is 25.8 Å². The van der Waals surface area contributed by atoms with Gasteiger partial charge in [0.2, 0.25) is 0 Å². The Morgan fingerprint density at radius 2 is 1.88 bits per heavy atom. The zero-order chi connectivity index (χ0) is 18.6. The van der Waals surface area contributed by atoms with Crippen molar-refractivity contribution in [3.63, 3.8) is 0 Å². The Morgan fingerprint density at radius 1 is 1.32 bits per heavy atom. The third kappa shape index (κ3) is 4.16. The fraction of sp³-hybridized carbons (Fsp3) is 0.333. The number of rotatable bonds is 7. The molecule has 1 aromatic carbocycles. The number of carbonyl (C=O) groups is 1. The van der Waals surface area contributed by atoms with Crippen LogP contribution in [-0.2, 0) is 9.53 Å². The summed E-state index contributed by atoms with van der Waals surface area (Å²) < 4.78 is 4.81. The van der Waals surface area contributed by atoms with Crippen LogP contribution in [0.15, 0.2) is 28.8 Å². The van der Waals surface area contributed by atoms with E-state index in [2.05, 4.69) is 4.99 Å². The van der Waals surface area contributed by atoms with Crippen molar-refractivity contribution in [3.8, 4) is 0 Å². The van der Waals surface area contributed by atoms with Crippen molar-refractivity contribution in [3.05, 3.63) is 49.6 Å². The minimum Gasteiger partial charge on any atom is -0.506 e. The maximum Gasteiger partial charge on any atom is 0.343 e. The van der Waals surface area contributed by atoms with Gasteiger partial charge < -0.3 is 9.84 Å². The van der Waals surface area contributed by atoms with Gasteiger partial charge in [-0.25, -0.2) is 4.79 Å². The standard InChI is InChI=1S/C15H15N3O7/c1-2-25-15(20)10(8-16-9-6-7-9)14(19)13-11(17(21)22)4-3-5-12(13)18(23)24/h3-5,8-9,19H,2,6-7H2,1H3. The summed E-state index contributed by atoms with van der Waals surface area (Å²) >= 11 is 0. The number of nitrogens with zero attached hydrogens (tertiary/aromatic N) is 3. The third-order valence-corrected chi connectivity index (χ3v) is 3.36. The number of hydrogen-bond donors (Lipinski definition) is 1. The molecule has 0 heterocycles. The molecule has 1 aliphatic carbocycles. The van der Waals surface area contributed by atoms with E-state index in [1.807, 2.05) is 0 Å². The molecule has 10 heteroatoms. The summed E-state index contributed by atoms with van der Waals surface area (Å²) in [5, 5.41) is 32.8. The molecular weight excluding hydrogens is 334 g/mol. The van der Waals surface area contributed by atoms with Crippen LogP contribution in [0.5, 0.6) is 0 Å². The van der Waals surface area contributed by atoms with Crippen LogP contribution in [0.1, 0.15) is 25.3 Å². The Hall–Kier alpha value is -3.30. The van der Waals surface area contributed by atoms with Crippen LogP contribution < -0.4 is 0 Å². The number of nitro groups is 2. The van der Waals surface area contributed by atoms with Gasteiger partial charge >= 0.3 is 5.97 Å². The van der Waals surface area contributed by atoms with Crippen LogP contribution in [-0.4, -0.2) is 39.8 Å². The van der Waals surface area contributed by atoms with Gasteiger partial charge in [0.25, 0.3) is 11.4 Å². The second kappa shape index (κ2) is 7.51. The number of benzene rings is 1. The van der Waals surface area contributed by atoms with Crippen LogP contribution in [0.4, 0.5) is 11.4 Å². The molecule has 1 aliphatic rings. The van der Waals surface area contributed by atoms with Gasteiger partial charge in [-0.2, -0.15) is 0 Å². The van der Waals surface area contributed by atoms with Crippen LogP contribution in [0.2, 0.25) is 0 Å². The first-order valence-electron chi connectivity index (χ1n) is 7.42. The van der Waals surface area contributed by atoms with E-state index in [0.29, 0.717) is 0 Å². The minimum atomic E-state index is -0.975. The van der Waals surface area contributed by atoms with Gasteiger partial charge in [-0.1, -0.05) is 0 Å². The van der Waals surface area contributed by atoms with E-state index in [0.717, 1.165) is 37.3 Å². The van der Waals surface area contributed by atoms with E-state index in [-0.39, 0.29) is 12.6 Å². The average molecular weight is 349 g/mol. The largest absolute Gasteiger partial charge is 0.506 e. The van der Waals surface area contributed by atoms with Gasteiger partial charge in [-0.3, -0.25) is 25.2 Å². The predicted molar refractivity (Wildman–Crippen MR) is 87.4 cm³/mol. The van der Waals surface area contributed by atoms with Gasteiger partial charge in [0.15, 0.2) is 11.3 Å². The average Bonchev–Trinajstić information content (AvgIpc) is 3.38. The Bertz CT molecular complexity index is 749. The Balaban J connectivity index is 2.68. The summed E-state index contributed by atoms with van der Waals surface area (Å²) in [5.41, 5.74) is -2.53. The number of aliphatic imine (C=N–C) groups is 1. The number of aliphatic hydroxyl groups is 1. The molecule has 25 heavy (non-hydrogen) atoms. The molecule has 1 N–H and O–H groups in total. The van der Waals surface area contributed by atoms with Crippen molar-refractivity contribution >= 4 is 29.3 Å². The maximum atomic E-state index is 12.1. The summed E-state index contributed by atoms with van der Waals surface area (Å²) in [7, 11) is 0. The molecule has 0 unspecified atom stereocenters. The Kier molecular flexibility index (Phi) is 5.42. The van der Waals surface area contributed by atoms with Crippen molar-refractivity contribution in [1.82, 2.24) is 0 Å². The SMILES string of the molecule is CCOC(=O)C(C=NC1CC1)=C(O)c1c([N+](=O)[O-])cccc1[N+](=O)[O-]. The van der Waals surface area contributed by atoms with E-state index in [9.17, 15) is 30.1 Å². The number of esters is 1. The van der Waals surface area contributed by atoms with Crippen molar-refractivity contribution in [1.29, 1.82) is 0 Å². The van der Waals surface area contributed by atoms with Gasteiger partial charge in [0.05, 0.1) is 22.5 Å². The first-order chi connectivity index (χ1) is 11.9. The van der Waals surface area contributed by atoms with Gasteiger partial charge in [-0.15, -0.1) is 0 Å². The predicted octanol–water partition coefficient (Wildman–Crippen LogP) is 2.57. The van der Waals surface area contributed by atoms with Crippen molar-refractivity contribution in [2.24, 2.45) is 4.99 Å². The smallest absolute Gasteiger partial charge is 0.343 e. The Morgan fingerprint density at radius 3 is 2.32 bits per heavy atom. The molecule has 0 aliphatic heterocycles. The zero-order valence-electron chi connectivity index (χ0n) is 13.2. The summed E-state index contributed by atoms with van der Waals surface area (Å²) in [6, 6.07) is 3.12. The molecule has 0 bridgehead atoms. The lowest BCUT2D eigenvalue weighted by Crippen LogP contribution is -2.13. The zero-order valence-corrected chi connectivity index (χ0v) is 13.2. The van der Waals surface area contributed by atoms with Crippen molar-refractivity contribution in [2.75, 3.05) is 6.61 Å². The highest BCUT2D eigenvalue weighted by Gasteiger charge is 2.31. The molecule has 0 amide bonds. The second-order valence-electron chi connectivity index (χ2n) is 5.18. The number of aliphatic hydroxyl groups excluding tert-OH is 1. The number of hydrogen-bond acceptors (Lipinski definition) is 8. The lowest BCUT2D eigenvalue weighted by molar-refractivity contribution is -0.394. The van der Waals surface area contributed by atoms with E-state index >= 15 is 0 Å². The highest BCUT2D eigenvalue weighted by molar-refractivity contribution is 6.15. The monoisotopic (exact) mass is 349 g/mol.